The van der Waals surface area contributed by atoms with Gasteiger partial charge in [0.15, 0.2) is 11.6 Å². The van der Waals surface area contributed by atoms with Gasteiger partial charge in [0.25, 0.3) is 0 Å². The van der Waals surface area contributed by atoms with E-state index < -0.39 is 0 Å². The second kappa shape index (κ2) is 7.61. The van der Waals surface area contributed by atoms with Gasteiger partial charge in [0.05, 0.1) is 6.54 Å². The summed E-state index contributed by atoms with van der Waals surface area (Å²) in [6.45, 7) is 5.95. The molecule has 0 saturated heterocycles. The third-order valence-electron chi connectivity index (χ3n) is 3.07. The number of hydrogen-bond donors (Lipinski definition) is 1. The molecule has 0 aliphatic carbocycles. The minimum Gasteiger partial charge on any atom is -0.486 e. The molecule has 21 heavy (non-hydrogen) atoms. The van der Waals surface area contributed by atoms with Crippen LogP contribution in [0.3, 0.4) is 0 Å². The Morgan fingerprint density at radius 2 is 2.14 bits per heavy atom. The number of hydrogen-bond acceptors (Lipinski definition) is 3. The van der Waals surface area contributed by atoms with Crippen LogP contribution in [0.2, 0.25) is 0 Å². The van der Waals surface area contributed by atoms with Gasteiger partial charge in [-0.3, -0.25) is 0 Å². The fraction of sp³-hybridized carbons (Fsp3) is 0.375. The SMILES string of the molecule is CCCNCc1cc(COc2ccc(Br)cc2F)c(C)o1. The average molecular weight is 356 g/mol. The molecule has 0 atom stereocenters. The quantitative estimate of drug-likeness (QED) is 0.738. The van der Waals surface area contributed by atoms with Crippen molar-refractivity contribution >= 4 is 15.9 Å². The fourth-order valence-corrected chi connectivity index (χ4v) is 2.29. The van der Waals surface area contributed by atoms with Gasteiger partial charge in [0.1, 0.15) is 18.1 Å². The van der Waals surface area contributed by atoms with E-state index in [1.807, 2.05) is 13.0 Å². The van der Waals surface area contributed by atoms with E-state index in [9.17, 15) is 4.39 Å². The van der Waals surface area contributed by atoms with Gasteiger partial charge in [0, 0.05) is 10.0 Å². The summed E-state index contributed by atoms with van der Waals surface area (Å²) in [7, 11) is 0. The van der Waals surface area contributed by atoms with E-state index in [1.165, 1.54) is 6.07 Å². The lowest BCUT2D eigenvalue weighted by Gasteiger charge is -2.06. The first kappa shape index (κ1) is 16.0. The molecule has 0 fully saturated rings. The topological polar surface area (TPSA) is 34.4 Å². The van der Waals surface area contributed by atoms with Gasteiger partial charge in [-0.1, -0.05) is 22.9 Å². The second-order valence-electron chi connectivity index (χ2n) is 4.83. The molecule has 0 bridgehead atoms. The van der Waals surface area contributed by atoms with E-state index in [2.05, 4.69) is 28.2 Å². The Balaban J connectivity index is 1.96. The summed E-state index contributed by atoms with van der Waals surface area (Å²) in [6.07, 6.45) is 1.08. The third-order valence-corrected chi connectivity index (χ3v) is 3.57. The van der Waals surface area contributed by atoms with Crippen LogP contribution in [0.5, 0.6) is 5.75 Å². The van der Waals surface area contributed by atoms with E-state index in [1.54, 1.807) is 12.1 Å². The summed E-state index contributed by atoms with van der Waals surface area (Å²) in [5.74, 6) is 1.54. The van der Waals surface area contributed by atoms with Crippen molar-refractivity contribution in [3.05, 3.63) is 51.6 Å². The summed E-state index contributed by atoms with van der Waals surface area (Å²) in [5, 5.41) is 3.28. The predicted molar refractivity (Wildman–Crippen MR) is 83.9 cm³/mol. The van der Waals surface area contributed by atoms with Gasteiger partial charge in [-0.05, 0) is 44.2 Å². The van der Waals surface area contributed by atoms with Gasteiger partial charge in [0.2, 0.25) is 0 Å². The standard InChI is InChI=1S/C16H19BrFNO2/c1-3-6-19-9-14-7-12(11(2)21-14)10-20-16-5-4-13(17)8-15(16)18/h4-5,7-8,19H,3,6,9-10H2,1-2H3. The molecule has 0 aliphatic rings. The zero-order valence-electron chi connectivity index (χ0n) is 12.2. The first-order valence-corrected chi connectivity index (χ1v) is 7.76. The molecule has 0 spiro atoms. The highest BCUT2D eigenvalue weighted by Crippen LogP contribution is 2.23. The highest BCUT2D eigenvalue weighted by Gasteiger charge is 2.10. The molecule has 1 heterocycles. The highest BCUT2D eigenvalue weighted by atomic mass is 79.9. The lowest BCUT2D eigenvalue weighted by molar-refractivity contribution is 0.287. The van der Waals surface area contributed by atoms with Crippen molar-refractivity contribution in [2.75, 3.05) is 6.54 Å². The monoisotopic (exact) mass is 355 g/mol. The third kappa shape index (κ3) is 4.58. The van der Waals surface area contributed by atoms with E-state index in [0.717, 1.165) is 30.0 Å². The largest absolute Gasteiger partial charge is 0.486 e. The predicted octanol–water partition coefficient (Wildman–Crippen LogP) is 4.57. The first-order chi connectivity index (χ1) is 10.1. The van der Waals surface area contributed by atoms with Gasteiger partial charge in [-0.25, -0.2) is 4.39 Å². The van der Waals surface area contributed by atoms with E-state index in [4.69, 9.17) is 9.15 Å². The van der Waals surface area contributed by atoms with E-state index >= 15 is 0 Å². The highest BCUT2D eigenvalue weighted by molar-refractivity contribution is 9.10. The second-order valence-corrected chi connectivity index (χ2v) is 5.75. The van der Waals surface area contributed by atoms with Gasteiger partial charge in [-0.2, -0.15) is 0 Å². The van der Waals surface area contributed by atoms with Crippen molar-refractivity contribution in [1.29, 1.82) is 0 Å². The lowest BCUT2D eigenvalue weighted by atomic mass is 10.2. The molecule has 0 aliphatic heterocycles. The lowest BCUT2D eigenvalue weighted by Crippen LogP contribution is -2.13. The Labute approximate surface area is 132 Å². The number of ether oxygens (including phenoxy) is 1. The first-order valence-electron chi connectivity index (χ1n) is 6.97. The zero-order chi connectivity index (χ0) is 15.2. The molecule has 2 rings (SSSR count). The summed E-state index contributed by atoms with van der Waals surface area (Å²) in [4.78, 5) is 0. The van der Waals surface area contributed by atoms with Gasteiger partial charge >= 0.3 is 0 Å². The van der Waals surface area contributed by atoms with Crippen LogP contribution in [0.15, 0.2) is 33.2 Å². The number of aryl methyl sites for hydroxylation is 1. The maximum absolute atomic E-state index is 13.7. The molecule has 1 N–H and O–H groups in total. The Morgan fingerprint density at radius 3 is 2.86 bits per heavy atom. The molecule has 1 aromatic carbocycles. The van der Waals surface area contributed by atoms with Gasteiger partial charge in [-0.15, -0.1) is 0 Å². The molecule has 114 valence electrons. The van der Waals surface area contributed by atoms with Crippen LogP contribution >= 0.6 is 15.9 Å². The van der Waals surface area contributed by atoms with E-state index in [-0.39, 0.29) is 11.6 Å². The van der Waals surface area contributed by atoms with Crippen LogP contribution < -0.4 is 10.1 Å². The molecular formula is C16H19BrFNO2. The van der Waals surface area contributed by atoms with Crippen LogP contribution in [-0.4, -0.2) is 6.54 Å². The van der Waals surface area contributed by atoms with Crippen LogP contribution in [0, 0.1) is 12.7 Å². The Morgan fingerprint density at radius 1 is 1.33 bits per heavy atom. The van der Waals surface area contributed by atoms with E-state index in [0.29, 0.717) is 17.6 Å². The summed E-state index contributed by atoms with van der Waals surface area (Å²) < 4.78 is 25.5. The smallest absolute Gasteiger partial charge is 0.166 e. The molecular weight excluding hydrogens is 337 g/mol. The number of furan rings is 1. The van der Waals surface area contributed by atoms with Crippen molar-refractivity contribution in [2.24, 2.45) is 0 Å². The maximum atomic E-state index is 13.7. The number of nitrogens with one attached hydrogen (secondary N) is 1. The van der Waals surface area contributed by atoms with Crippen molar-refractivity contribution in [1.82, 2.24) is 5.32 Å². The summed E-state index contributed by atoms with van der Waals surface area (Å²) in [6, 6.07) is 6.70. The molecule has 1 aromatic heterocycles. The molecule has 2 aromatic rings. The van der Waals surface area contributed by atoms with Crippen LogP contribution in [0.4, 0.5) is 4.39 Å². The van der Waals surface area contributed by atoms with Crippen LogP contribution in [-0.2, 0) is 13.2 Å². The molecule has 5 heteroatoms. The summed E-state index contributed by atoms with van der Waals surface area (Å²) >= 11 is 3.22. The Bertz CT molecular complexity index is 598. The molecule has 3 nitrogen and oxygen atoms in total. The van der Waals surface area contributed by atoms with Crippen molar-refractivity contribution in [3.8, 4) is 5.75 Å². The molecule has 0 saturated carbocycles. The molecule has 0 unspecified atom stereocenters. The van der Waals surface area contributed by atoms with Crippen LogP contribution in [0.25, 0.3) is 0 Å². The minimum absolute atomic E-state index is 0.240. The van der Waals surface area contributed by atoms with Crippen LogP contribution in [0.1, 0.15) is 30.4 Å². The molecule has 0 amide bonds. The zero-order valence-corrected chi connectivity index (χ0v) is 13.8. The number of halogens is 2. The average Bonchev–Trinajstić information content (AvgIpc) is 2.79. The minimum atomic E-state index is -0.379. The van der Waals surface area contributed by atoms with Crippen molar-refractivity contribution < 1.29 is 13.5 Å². The maximum Gasteiger partial charge on any atom is 0.166 e. The number of rotatable bonds is 7. The number of benzene rings is 1. The van der Waals surface area contributed by atoms with Gasteiger partial charge < -0.3 is 14.5 Å². The Hall–Kier alpha value is -1.33. The normalized spacial score (nSPS) is 10.9. The molecule has 0 radical (unpaired) electrons. The Kier molecular flexibility index (Phi) is 5.82. The fourth-order valence-electron chi connectivity index (χ4n) is 1.95. The van der Waals surface area contributed by atoms with Crippen molar-refractivity contribution in [2.45, 2.75) is 33.4 Å². The van der Waals surface area contributed by atoms with Crippen molar-refractivity contribution in [3.63, 3.8) is 0 Å². The summed E-state index contributed by atoms with van der Waals surface area (Å²) in [5.41, 5.74) is 0.936.